The van der Waals surface area contributed by atoms with E-state index in [-0.39, 0.29) is 6.61 Å². The Kier molecular flexibility index (Phi) is 4.38. The molecule has 0 radical (unpaired) electrons. The normalized spacial score (nSPS) is 11.3. The van der Waals surface area contributed by atoms with Gasteiger partial charge in [-0.1, -0.05) is 6.07 Å². The van der Waals surface area contributed by atoms with Crippen LogP contribution in [0, 0.1) is 0 Å². The van der Waals surface area contributed by atoms with Crippen LogP contribution in [0.15, 0.2) is 59.5 Å². The van der Waals surface area contributed by atoms with Crippen LogP contribution in [0.2, 0.25) is 0 Å². The Morgan fingerprint density at radius 3 is 2.83 bits per heavy atom. The van der Waals surface area contributed by atoms with Gasteiger partial charge >= 0.3 is 0 Å². The predicted octanol–water partition coefficient (Wildman–Crippen LogP) is 3.83. The lowest BCUT2D eigenvalue weighted by atomic mass is 10.1. The number of rotatable bonds is 6. The first-order valence-corrected chi connectivity index (χ1v) is 9.33. The van der Waals surface area contributed by atoms with Gasteiger partial charge in [-0.15, -0.1) is 0 Å². The van der Waals surface area contributed by atoms with Gasteiger partial charge in [0.15, 0.2) is 17.2 Å². The van der Waals surface area contributed by atoms with Crippen molar-refractivity contribution in [3.05, 3.63) is 60.8 Å². The molecule has 5 aromatic rings. The molecule has 0 saturated heterocycles. The molecule has 0 fully saturated rings. The van der Waals surface area contributed by atoms with E-state index in [2.05, 4.69) is 30.5 Å². The van der Waals surface area contributed by atoms with Gasteiger partial charge in [-0.05, 0) is 37.1 Å². The fraction of sp³-hybridized carbons (Fsp3) is 0.143. The second-order valence-electron chi connectivity index (χ2n) is 6.60. The summed E-state index contributed by atoms with van der Waals surface area (Å²) < 4.78 is 6.04. The predicted molar refractivity (Wildman–Crippen MR) is 110 cm³/mol. The van der Waals surface area contributed by atoms with Crippen LogP contribution in [0.5, 0.6) is 0 Å². The maximum absolute atomic E-state index is 9.21. The third kappa shape index (κ3) is 3.09. The minimum atomic E-state index is 0.124. The number of aromatic amines is 1. The smallest absolute Gasteiger partial charge is 0.197 e. The summed E-state index contributed by atoms with van der Waals surface area (Å²) in [6, 6.07) is 9.60. The fourth-order valence-electron chi connectivity index (χ4n) is 3.46. The van der Waals surface area contributed by atoms with Crippen molar-refractivity contribution in [2.45, 2.75) is 12.8 Å². The van der Waals surface area contributed by atoms with Crippen LogP contribution >= 0.6 is 0 Å². The molecule has 144 valence electrons. The number of aliphatic hydroxyl groups is 1. The highest BCUT2D eigenvalue weighted by molar-refractivity contribution is 6.03. The van der Waals surface area contributed by atoms with Crippen molar-refractivity contribution in [2.24, 2.45) is 0 Å². The molecule has 0 aliphatic carbocycles. The van der Waals surface area contributed by atoms with Crippen LogP contribution < -0.4 is 5.32 Å². The van der Waals surface area contributed by atoms with Crippen LogP contribution in [-0.4, -0.2) is 36.9 Å². The summed E-state index contributed by atoms with van der Waals surface area (Å²) in [5, 5.41) is 22.1. The first-order chi connectivity index (χ1) is 14.3. The number of pyridine rings is 1. The van der Waals surface area contributed by atoms with Gasteiger partial charge in [-0.2, -0.15) is 5.10 Å². The Morgan fingerprint density at radius 1 is 1.07 bits per heavy atom. The lowest BCUT2D eigenvalue weighted by Gasteiger charge is -2.09. The summed E-state index contributed by atoms with van der Waals surface area (Å²) in [5.41, 5.74) is 4.15. The lowest BCUT2D eigenvalue weighted by Crippen LogP contribution is -1.96. The third-order valence-electron chi connectivity index (χ3n) is 4.76. The molecular formula is C21H18N6O2. The van der Waals surface area contributed by atoms with Gasteiger partial charge in [0, 0.05) is 41.7 Å². The summed E-state index contributed by atoms with van der Waals surface area (Å²) in [4.78, 5) is 12.8. The molecule has 8 heteroatoms. The summed E-state index contributed by atoms with van der Waals surface area (Å²) in [6.07, 6.45) is 8.10. The molecular weight excluding hydrogens is 368 g/mol. The summed E-state index contributed by atoms with van der Waals surface area (Å²) in [6.45, 7) is 0.124. The van der Waals surface area contributed by atoms with E-state index in [9.17, 15) is 5.11 Å². The van der Waals surface area contributed by atoms with E-state index in [1.165, 1.54) is 0 Å². The van der Waals surface area contributed by atoms with Crippen molar-refractivity contribution in [1.82, 2.24) is 25.1 Å². The van der Waals surface area contributed by atoms with Gasteiger partial charge < -0.3 is 14.8 Å². The minimum Gasteiger partial charge on any atom is -0.449 e. The third-order valence-corrected chi connectivity index (χ3v) is 4.76. The number of aromatic nitrogens is 5. The van der Waals surface area contributed by atoms with Gasteiger partial charge in [0.05, 0.1) is 23.1 Å². The number of benzene rings is 1. The van der Waals surface area contributed by atoms with Gasteiger partial charge in [-0.3, -0.25) is 10.1 Å². The molecule has 0 saturated carbocycles. The Labute approximate surface area is 165 Å². The van der Waals surface area contributed by atoms with Gasteiger partial charge in [0.25, 0.3) is 0 Å². The van der Waals surface area contributed by atoms with Crippen LogP contribution in [0.3, 0.4) is 0 Å². The number of hydrogen-bond acceptors (Lipinski definition) is 7. The van der Waals surface area contributed by atoms with Gasteiger partial charge in [0.1, 0.15) is 0 Å². The SMILES string of the molecule is OCCCc1n[nH]c2cccc(Nc3c(-c4ncccn4)oc4cnccc34)c12. The quantitative estimate of drug-likeness (QED) is 0.406. The molecule has 8 nitrogen and oxygen atoms in total. The number of furan rings is 1. The highest BCUT2D eigenvalue weighted by Gasteiger charge is 2.20. The van der Waals surface area contributed by atoms with Crippen molar-refractivity contribution >= 4 is 33.2 Å². The highest BCUT2D eigenvalue weighted by atomic mass is 16.3. The van der Waals surface area contributed by atoms with Crippen LogP contribution in [-0.2, 0) is 6.42 Å². The molecule has 0 aliphatic rings. The van der Waals surface area contributed by atoms with E-state index >= 15 is 0 Å². The van der Waals surface area contributed by atoms with E-state index in [0.29, 0.717) is 30.0 Å². The summed E-state index contributed by atoms with van der Waals surface area (Å²) >= 11 is 0. The van der Waals surface area contributed by atoms with Crippen LogP contribution in [0.1, 0.15) is 12.1 Å². The number of H-pyrrole nitrogens is 1. The number of aryl methyl sites for hydroxylation is 1. The topological polar surface area (TPSA) is 113 Å². The molecule has 0 aliphatic heterocycles. The molecule has 3 N–H and O–H groups in total. The Morgan fingerprint density at radius 2 is 1.97 bits per heavy atom. The minimum absolute atomic E-state index is 0.124. The summed E-state index contributed by atoms with van der Waals surface area (Å²) in [7, 11) is 0. The second-order valence-corrected chi connectivity index (χ2v) is 6.60. The molecule has 0 amide bonds. The van der Waals surface area contributed by atoms with E-state index in [4.69, 9.17) is 4.42 Å². The van der Waals surface area contributed by atoms with E-state index in [0.717, 1.165) is 33.4 Å². The maximum atomic E-state index is 9.21. The number of anilines is 2. The number of hydrogen-bond donors (Lipinski definition) is 3. The van der Waals surface area contributed by atoms with Crippen molar-refractivity contribution < 1.29 is 9.52 Å². The molecule has 5 rings (SSSR count). The van der Waals surface area contributed by atoms with Gasteiger partial charge in [0.2, 0.25) is 0 Å². The number of aliphatic hydroxyl groups excluding tert-OH is 1. The Balaban J connectivity index is 1.67. The molecule has 0 spiro atoms. The van der Waals surface area contributed by atoms with E-state index < -0.39 is 0 Å². The molecule has 0 atom stereocenters. The zero-order chi connectivity index (χ0) is 19.6. The van der Waals surface area contributed by atoms with Crippen molar-refractivity contribution in [3.63, 3.8) is 0 Å². The monoisotopic (exact) mass is 386 g/mol. The maximum Gasteiger partial charge on any atom is 0.197 e. The highest BCUT2D eigenvalue weighted by Crippen LogP contribution is 2.39. The molecule has 4 aromatic heterocycles. The first-order valence-electron chi connectivity index (χ1n) is 9.33. The van der Waals surface area contributed by atoms with Crippen molar-refractivity contribution in [3.8, 4) is 11.6 Å². The van der Waals surface area contributed by atoms with Crippen molar-refractivity contribution in [2.75, 3.05) is 11.9 Å². The second kappa shape index (κ2) is 7.33. The first kappa shape index (κ1) is 17.3. The van der Waals surface area contributed by atoms with Crippen LogP contribution in [0.4, 0.5) is 11.4 Å². The molecule has 1 aromatic carbocycles. The summed E-state index contributed by atoms with van der Waals surface area (Å²) in [5.74, 6) is 1.04. The van der Waals surface area contributed by atoms with Crippen LogP contribution in [0.25, 0.3) is 33.5 Å². The number of nitrogens with one attached hydrogen (secondary N) is 2. The zero-order valence-corrected chi connectivity index (χ0v) is 15.5. The average molecular weight is 386 g/mol. The standard InChI is InChI=1S/C21H18N6O2/c28-11-2-6-16-18-14(4-1-5-15(18)26-27-16)25-19-13-7-10-22-12-17(13)29-20(19)21-23-8-3-9-24-21/h1,3-5,7-10,12,25,28H,2,6,11H2,(H,26,27). The van der Waals surface area contributed by atoms with E-state index in [1.54, 1.807) is 30.9 Å². The molecule has 29 heavy (non-hydrogen) atoms. The Bertz CT molecular complexity index is 1280. The van der Waals surface area contributed by atoms with Gasteiger partial charge in [-0.25, -0.2) is 9.97 Å². The Hall–Kier alpha value is -3.78. The molecule has 4 heterocycles. The lowest BCUT2D eigenvalue weighted by molar-refractivity contribution is 0.288. The molecule has 0 bridgehead atoms. The van der Waals surface area contributed by atoms with Crippen molar-refractivity contribution in [1.29, 1.82) is 0 Å². The molecule has 0 unspecified atom stereocenters. The zero-order valence-electron chi connectivity index (χ0n) is 15.5. The average Bonchev–Trinajstić information content (AvgIpc) is 3.35. The number of fused-ring (bicyclic) bond motifs is 2. The number of nitrogens with zero attached hydrogens (tertiary/aromatic N) is 4. The fourth-order valence-corrected chi connectivity index (χ4v) is 3.46. The van der Waals surface area contributed by atoms with E-state index in [1.807, 2.05) is 24.3 Å². The largest absolute Gasteiger partial charge is 0.449 e.